The third-order valence-electron chi connectivity index (χ3n) is 3.89. The number of rotatable bonds is 5. The molecule has 1 aliphatic rings. The van der Waals surface area contributed by atoms with Crippen LogP contribution in [0.3, 0.4) is 0 Å². The van der Waals surface area contributed by atoms with Gasteiger partial charge in [-0.15, -0.1) is 0 Å². The first kappa shape index (κ1) is 17.8. The van der Waals surface area contributed by atoms with Crippen LogP contribution in [0.4, 0.5) is 5.69 Å². The number of hydrogen-bond acceptors (Lipinski definition) is 3. The average Bonchev–Trinajstić information content (AvgIpc) is 2.85. The highest BCUT2D eigenvalue weighted by Gasteiger charge is 2.40. The van der Waals surface area contributed by atoms with Gasteiger partial charge in [-0.1, -0.05) is 17.7 Å². The summed E-state index contributed by atoms with van der Waals surface area (Å²) in [6.07, 6.45) is 0.479. The summed E-state index contributed by atoms with van der Waals surface area (Å²) in [5, 5.41) is 10.5. The van der Waals surface area contributed by atoms with Gasteiger partial charge in [-0.25, -0.2) is 0 Å². The summed E-state index contributed by atoms with van der Waals surface area (Å²) < 4.78 is 0. The number of halogens is 1. The Morgan fingerprint density at radius 3 is 2.74 bits per heavy atom. The first-order valence-corrected chi connectivity index (χ1v) is 8.19. The molecule has 1 aliphatic heterocycles. The highest BCUT2D eigenvalue weighted by Crippen LogP contribution is 2.28. The fourth-order valence-electron chi connectivity index (χ4n) is 2.84. The fourth-order valence-corrected chi connectivity index (χ4v) is 3.03. The molecule has 1 fully saturated rings. The number of anilines is 1. The van der Waals surface area contributed by atoms with Crippen molar-refractivity contribution >= 4 is 29.1 Å². The van der Waals surface area contributed by atoms with Crippen LogP contribution < -0.4 is 4.90 Å². The first-order chi connectivity index (χ1) is 10.7. The molecule has 23 heavy (non-hydrogen) atoms. The van der Waals surface area contributed by atoms with Crippen molar-refractivity contribution in [2.45, 2.75) is 32.8 Å². The molecule has 0 spiro atoms. The zero-order valence-electron chi connectivity index (χ0n) is 13.8. The Bertz CT molecular complexity index is 598. The number of carbonyl (C=O) groups excluding carboxylic acids is 2. The number of likely N-dealkylation sites (N-methyl/N-ethyl adjacent to an activating group) is 1. The van der Waals surface area contributed by atoms with Gasteiger partial charge in [0.05, 0.1) is 5.60 Å². The van der Waals surface area contributed by atoms with E-state index in [0.717, 1.165) is 0 Å². The Kier molecular flexibility index (Phi) is 5.32. The molecule has 5 nitrogen and oxygen atoms in total. The minimum absolute atomic E-state index is 0.202. The van der Waals surface area contributed by atoms with E-state index in [1.165, 1.54) is 0 Å². The van der Waals surface area contributed by atoms with Crippen LogP contribution in [-0.4, -0.2) is 47.1 Å². The summed E-state index contributed by atoms with van der Waals surface area (Å²) in [4.78, 5) is 28.4. The first-order valence-electron chi connectivity index (χ1n) is 7.81. The van der Waals surface area contributed by atoms with Crippen LogP contribution in [0.25, 0.3) is 0 Å². The third kappa shape index (κ3) is 4.24. The summed E-state index contributed by atoms with van der Waals surface area (Å²) in [5.41, 5.74) is -0.275. The van der Waals surface area contributed by atoms with Crippen molar-refractivity contribution in [2.24, 2.45) is 5.92 Å². The minimum Gasteiger partial charge on any atom is -0.389 e. The van der Waals surface area contributed by atoms with E-state index in [-0.39, 0.29) is 18.4 Å². The second-order valence-corrected chi connectivity index (χ2v) is 6.91. The van der Waals surface area contributed by atoms with Gasteiger partial charge in [-0.05, 0) is 45.4 Å². The Morgan fingerprint density at radius 1 is 1.48 bits per heavy atom. The van der Waals surface area contributed by atoms with Gasteiger partial charge < -0.3 is 14.9 Å². The quantitative estimate of drug-likeness (QED) is 0.838. The van der Waals surface area contributed by atoms with Gasteiger partial charge in [-0.3, -0.25) is 9.59 Å². The summed E-state index contributed by atoms with van der Waals surface area (Å²) in [5.74, 6) is -1.10. The van der Waals surface area contributed by atoms with Crippen LogP contribution in [0.2, 0.25) is 5.02 Å². The second kappa shape index (κ2) is 6.89. The number of aliphatic hydroxyl groups is 1. The summed E-state index contributed by atoms with van der Waals surface area (Å²) in [7, 11) is 0. The Balaban J connectivity index is 2.13. The summed E-state index contributed by atoms with van der Waals surface area (Å²) in [6, 6.07) is 7.06. The summed E-state index contributed by atoms with van der Waals surface area (Å²) in [6.45, 7) is 6.32. The van der Waals surface area contributed by atoms with Gasteiger partial charge in [0, 0.05) is 30.3 Å². The van der Waals surface area contributed by atoms with Crippen LogP contribution >= 0.6 is 11.6 Å². The van der Waals surface area contributed by atoms with Crippen molar-refractivity contribution in [3.63, 3.8) is 0 Å². The Morgan fingerprint density at radius 2 is 2.17 bits per heavy atom. The fraction of sp³-hybridized carbons (Fsp3) is 0.529. The van der Waals surface area contributed by atoms with Crippen molar-refractivity contribution < 1.29 is 14.7 Å². The van der Waals surface area contributed by atoms with Crippen molar-refractivity contribution in [3.05, 3.63) is 29.3 Å². The van der Waals surface area contributed by atoms with E-state index in [9.17, 15) is 14.7 Å². The lowest BCUT2D eigenvalue weighted by molar-refractivity contribution is -0.142. The van der Waals surface area contributed by atoms with Crippen LogP contribution in [-0.2, 0) is 9.59 Å². The van der Waals surface area contributed by atoms with E-state index in [1.807, 2.05) is 13.0 Å². The number of nitrogens with zero attached hydrogens (tertiary/aromatic N) is 2. The lowest BCUT2D eigenvalue weighted by atomic mass is 10.0. The molecule has 0 aromatic heterocycles. The van der Waals surface area contributed by atoms with Gasteiger partial charge in [0.2, 0.25) is 11.8 Å². The zero-order valence-corrected chi connectivity index (χ0v) is 14.5. The smallest absolute Gasteiger partial charge is 0.239 e. The largest absolute Gasteiger partial charge is 0.389 e. The van der Waals surface area contributed by atoms with E-state index < -0.39 is 11.5 Å². The number of carbonyl (C=O) groups is 2. The maximum absolute atomic E-state index is 12.6. The maximum atomic E-state index is 12.6. The normalized spacial score (nSPS) is 18.4. The standard InChI is InChI=1S/C17H23ClN2O3/c1-4-19(11-17(2,3)23)15(21)14-8-9-20(16(14)22)13-7-5-6-12(18)10-13/h5-7,10,14,23H,4,8-9,11H2,1-3H3. The van der Waals surface area contributed by atoms with Gasteiger partial charge in [0.25, 0.3) is 0 Å². The molecule has 0 saturated carbocycles. The van der Waals surface area contributed by atoms with Crippen molar-refractivity contribution in [1.82, 2.24) is 4.90 Å². The molecule has 2 rings (SSSR count). The molecule has 1 aromatic carbocycles. The molecule has 1 saturated heterocycles. The number of amides is 2. The van der Waals surface area contributed by atoms with E-state index in [1.54, 1.807) is 41.8 Å². The molecular weight excluding hydrogens is 316 g/mol. The highest BCUT2D eigenvalue weighted by atomic mass is 35.5. The van der Waals surface area contributed by atoms with Gasteiger partial charge in [0.1, 0.15) is 5.92 Å². The van der Waals surface area contributed by atoms with Crippen LogP contribution in [0.5, 0.6) is 0 Å². The van der Waals surface area contributed by atoms with Gasteiger partial charge >= 0.3 is 0 Å². The molecule has 6 heteroatoms. The van der Waals surface area contributed by atoms with Crippen molar-refractivity contribution in [2.75, 3.05) is 24.5 Å². The van der Waals surface area contributed by atoms with E-state index >= 15 is 0 Å². The molecule has 1 unspecified atom stereocenters. The highest BCUT2D eigenvalue weighted by molar-refractivity contribution is 6.31. The van der Waals surface area contributed by atoms with E-state index in [2.05, 4.69) is 0 Å². The molecule has 2 amide bonds. The van der Waals surface area contributed by atoms with Crippen LogP contribution in [0.1, 0.15) is 27.2 Å². The third-order valence-corrected chi connectivity index (χ3v) is 4.13. The van der Waals surface area contributed by atoms with Crippen molar-refractivity contribution in [3.8, 4) is 0 Å². The molecule has 0 radical (unpaired) electrons. The molecule has 126 valence electrons. The Hall–Kier alpha value is -1.59. The maximum Gasteiger partial charge on any atom is 0.239 e. The molecule has 1 atom stereocenters. The average molecular weight is 339 g/mol. The number of benzene rings is 1. The molecule has 1 aromatic rings. The monoisotopic (exact) mass is 338 g/mol. The van der Waals surface area contributed by atoms with E-state index in [4.69, 9.17) is 11.6 Å². The minimum atomic E-state index is -0.986. The Labute approximate surface area is 141 Å². The molecule has 0 bridgehead atoms. The lowest BCUT2D eigenvalue weighted by Gasteiger charge is -2.29. The van der Waals surface area contributed by atoms with Gasteiger partial charge in [0.15, 0.2) is 0 Å². The predicted molar refractivity (Wildman–Crippen MR) is 90.5 cm³/mol. The molecule has 1 N–H and O–H groups in total. The predicted octanol–water partition coefficient (Wildman–Crippen LogP) is 2.31. The van der Waals surface area contributed by atoms with E-state index in [0.29, 0.717) is 30.2 Å². The second-order valence-electron chi connectivity index (χ2n) is 6.48. The lowest BCUT2D eigenvalue weighted by Crippen LogP contribution is -2.46. The zero-order chi connectivity index (χ0) is 17.2. The topological polar surface area (TPSA) is 60.9 Å². The molecule has 0 aliphatic carbocycles. The number of hydrogen-bond donors (Lipinski definition) is 1. The SMILES string of the molecule is CCN(CC(C)(C)O)C(=O)C1CCN(c2cccc(Cl)c2)C1=O. The molecular formula is C17H23ClN2O3. The van der Waals surface area contributed by atoms with Crippen molar-refractivity contribution in [1.29, 1.82) is 0 Å². The van der Waals surface area contributed by atoms with Crippen LogP contribution in [0.15, 0.2) is 24.3 Å². The van der Waals surface area contributed by atoms with Crippen LogP contribution in [0, 0.1) is 5.92 Å². The summed E-state index contributed by atoms with van der Waals surface area (Å²) >= 11 is 5.97. The molecule has 1 heterocycles. The van der Waals surface area contributed by atoms with Gasteiger partial charge in [-0.2, -0.15) is 0 Å².